The van der Waals surface area contributed by atoms with Gasteiger partial charge in [-0.15, -0.1) is 0 Å². The summed E-state index contributed by atoms with van der Waals surface area (Å²) in [5.41, 5.74) is 7.99. The highest BCUT2D eigenvalue weighted by molar-refractivity contribution is 6.10. The molecule has 2 aromatic heterocycles. The molecule has 2 amide bonds. The lowest BCUT2D eigenvalue weighted by molar-refractivity contribution is -0.117. The molecule has 4 aromatic carbocycles. The Morgan fingerprint density at radius 1 is 1.16 bits per heavy atom. The Bertz CT molecular complexity index is 2720. The molecule has 1 saturated carbocycles. The SMILES string of the molecule is Cc1coc2c(COc3cccc(C4=CCN(Cc5nc6cc(C(=O)Nc7cc(F)c8c(c7)C7(CC7)C(=O)N8)ccc6n5C[C@@H]5CCO5)CC4)c3)ccc(C#N)c12. The van der Waals surface area contributed by atoms with Crippen molar-refractivity contribution in [2.24, 2.45) is 0 Å². The third-order valence-electron chi connectivity index (χ3n) is 11.9. The van der Waals surface area contributed by atoms with E-state index in [1.807, 2.05) is 37.3 Å². The number of aryl methyl sites for hydroxylation is 1. The standard InChI is InChI=1S/C45H39FN6O5/c1-26-24-57-42-31(6-5-30(21-47)40(26)42)25-56-33-4-2-3-28(17-33)27-9-14-51(15-10-27)23-39-49-37-18-29(7-8-38(37)52(39)22-34-11-16-55-34)43(53)48-32-19-35-41(36(46)20-32)50-44(54)45(35)12-13-45/h2-9,17-20,24,34H,10-16,22-23,25H2,1H3,(H,48,53)(H,50,54)/t34-/m0/s1. The molecule has 286 valence electrons. The number of aromatic nitrogens is 2. The van der Waals surface area contributed by atoms with Crippen LogP contribution in [0.5, 0.6) is 5.75 Å². The zero-order valence-corrected chi connectivity index (χ0v) is 31.4. The van der Waals surface area contributed by atoms with Gasteiger partial charge in [-0.3, -0.25) is 14.5 Å². The maximum absolute atomic E-state index is 15.0. The summed E-state index contributed by atoms with van der Waals surface area (Å²) in [4.78, 5) is 33.4. The summed E-state index contributed by atoms with van der Waals surface area (Å²) >= 11 is 0. The van der Waals surface area contributed by atoms with Gasteiger partial charge in [-0.25, -0.2) is 9.37 Å². The smallest absolute Gasteiger partial charge is 0.255 e. The third-order valence-corrected chi connectivity index (χ3v) is 11.9. The Morgan fingerprint density at radius 2 is 2.04 bits per heavy atom. The minimum atomic E-state index is -0.669. The largest absolute Gasteiger partial charge is 0.489 e. The van der Waals surface area contributed by atoms with Gasteiger partial charge in [-0.2, -0.15) is 5.26 Å². The van der Waals surface area contributed by atoms with E-state index in [2.05, 4.69) is 44.4 Å². The molecular formula is C45H39FN6O5. The van der Waals surface area contributed by atoms with Gasteiger partial charge in [0.1, 0.15) is 29.6 Å². The molecule has 1 aliphatic carbocycles. The topological polar surface area (TPSA) is 135 Å². The van der Waals surface area contributed by atoms with Crippen LogP contribution in [-0.2, 0) is 34.6 Å². The first kappa shape index (κ1) is 35.1. The summed E-state index contributed by atoms with van der Waals surface area (Å²) in [7, 11) is 0. The van der Waals surface area contributed by atoms with Gasteiger partial charge in [-0.1, -0.05) is 24.3 Å². The van der Waals surface area contributed by atoms with Crippen LogP contribution in [0.4, 0.5) is 15.8 Å². The first-order valence-electron chi connectivity index (χ1n) is 19.4. The molecule has 1 atom stereocenters. The maximum atomic E-state index is 15.0. The fourth-order valence-corrected chi connectivity index (χ4v) is 8.47. The summed E-state index contributed by atoms with van der Waals surface area (Å²) in [6.07, 6.45) is 7.25. The molecule has 0 radical (unpaired) electrons. The first-order valence-corrected chi connectivity index (χ1v) is 19.4. The van der Waals surface area contributed by atoms with E-state index in [1.54, 1.807) is 24.5 Å². The minimum Gasteiger partial charge on any atom is -0.489 e. The zero-order chi connectivity index (χ0) is 38.8. The fraction of sp³-hybridized carbons (Fsp3) is 0.289. The van der Waals surface area contributed by atoms with Crippen molar-refractivity contribution in [1.82, 2.24) is 14.5 Å². The number of anilines is 2. The highest BCUT2D eigenvalue weighted by atomic mass is 19.1. The molecule has 11 nitrogen and oxygen atoms in total. The van der Waals surface area contributed by atoms with Crippen molar-refractivity contribution >= 4 is 50.8 Å². The van der Waals surface area contributed by atoms with E-state index in [1.165, 1.54) is 11.6 Å². The first-order chi connectivity index (χ1) is 27.8. The number of carbonyl (C=O) groups excluding carboxylic acids is 2. The molecule has 6 aromatic rings. The number of furan rings is 1. The van der Waals surface area contributed by atoms with Crippen molar-refractivity contribution in [1.29, 1.82) is 5.26 Å². The third kappa shape index (κ3) is 6.24. The Hall–Kier alpha value is -6.29. The average Bonchev–Trinajstić information content (AvgIpc) is 3.72. The second-order valence-corrected chi connectivity index (χ2v) is 15.5. The fourth-order valence-electron chi connectivity index (χ4n) is 8.47. The molecule has 0 bridgehead atoms. The Labute approximate surface area is 327 Å². The van der Waals surface area contributed by atoms with E-state index >= 15 is 0 Å². The van der Waals surface area contributed by atoms with Gasteiger partial charge in [0.25, 0.3) is 5.91 Å². The lowest BCUT2D eigenvalue weighted by Crippen LogP contribution is -2.33. The number of hydrogen-bond acceptors (Lipinski definition) is 8. The van der Waals surface area contributed by atoms with E-state index in [9.17, 15) is 19.2 Å². The van der Waals surface area contributed by atoms with Crippen LogP contribution in [-0.4, -0.2) is 52.1 Å². The van der Waals surface area contributed by atoms with Crippen LogP contribution in [0.25, 0.3) is 27.6 Å². The summed E-state index contributed by atoms with van der Waals surface area (Å²) < 4.78 is 35.0. The number of ether oxygens (including phenoxy) is 2. The van der Waals surface area contributed by atoms with Gasteiger partial charge in [-0.05, 0) is 103 Å². The van der Waals surface area contributed by atoms with Crippen LogP contribution < -0.4 is 15.4 Å². The summed E-state index contributed by atoms with van der Waals surface area (Å²) in [5.74, 6) is 0.560. The number of halogens is 1. The molecule has 5 heterocycles. The van der Waals surface area contributed by atoms with Crippen LogP contribution >= 0.6 is 0 Å². The zero-order valence-electron chi connectivity index (χ0n) is 31.4. The number of rotatable bonds is 10. The number of carbonyl (C=O) groups is 2. The predicted octanol–water partition coefficient (Wildman–Crippen LogP) is 7.99. The summed E-state index contributed by atoms with van der Waals surface area (Å²) in [6.45, 7) is 5.90. The normalized spacial score (nSPS) is 18.2. The van der Waals surface area contributed by atoms with Crippen LogP contribution in [0.15, 0.2) is 83.5 Å². The predicted molar refractivity (Wildman–Crippen MR) is 212 cm³/mol. The Kier molecular flexibility index (Phi) is 8.46. The molecule has 12 heteroatoms. The number of nitrogens with zero attached hydrogens (tertiary/aromatic N) is 4. The number of hydrogen-bond donors (Lipinski definition) is 2. The molecule has 1 spiro atoms. The number of fused-ring (bicyclic) bond motifs is 4. The van der Waals surface area contributed by atoms with Crippen molar-refractivity contribution in [2.45, 2.75) is 63.8 Å². The molecule has 4 aliphatic rings. The Morgan fingerprint density at radius 3 is 2.81 bits per heavy atom. The lowest BCUT2D eigenvalue weighted by atomic mass is 9.97. The lowest BCUT2D eigenvalue weighted by Gasteiger charge is -2.29. The van der Waals surface area contributed by atoms with Crippen LogP contribution in [0.3, 0.4) is 0 Å². The number of amides is 2. The summed E-state index contributed by atoms with van der Waals surface area (Å²) in [6, 6.07) is 22.6. The molecule has 2 N–H and O–H groups in total. The second-order valence-electron chi connectivity index (χ2n) is 15.5. The van der Waals surface area contributed by atoms with Gasteiger partial charge < -0.3 is 29.1 Å². The van der Waals surface area contributed by atoms with Crippen molar-refractivity contribution < 1.29 is 27.9 Å². The van der Waals surface area contributed by atoms with E-state index in [4.69, 9.17) is 18.9 Å². The van der Waals surface area contributed by atoms with E-state index < -0.39 is 11.2 Å². The van der Waals surface area contributed by atoms with Crippen LogP contribution in [0.2, 0.25) is 0 Å². The molecular weight excluding hydrogens is 724 g/mol. The highest BCUT2D eigenvalue weighted by Gasteiger charge is 2.57. The van der Waals surface area contributed by atoms with Crippen molar-refractivity contribution in [3.05, 3.63) is 124 Å². The van der Waals surface area contributed by atoms with Gasteiger partial charge in [0.2, 0.25) is 5.91 Å². The second kappa shape index (κ2) is 13.7. The van der Waals surface area contributed by atoms with Gasteiger partial charge in [0, 0.05) is 41.9 Å². The Balaban J connectivity index is 0.836. The van der Waals surface area contributed by atoms with E-state index in [-0.39, 0.29) is 23.6 Å². The number of nitriles is 1. The molecule has 0 unspecified atom stereocenters. The average molecular weight is 763 g/mol. The van der Waals surface area contributed by atoms with E-state index in [0.717, 1.165) is 71.7 Å². The van der Waals surface area contributed by atoms with Crippen molar-refractivity contribution in [2.75, 3.05) is 30.3 Å². The quantitative estimate of drug-likeness (QED) is 0.144. The van der Waals surface area contributed by atoms with Gasteiger partial charge >= 0.3 is 0 Å². The van der Waals surface area contributed by atoms with Crippen molar-refractivity contribution in [3.63, 3.8) is 0 Å². The summed E-state index contributed by atoms with van der Waals surface area (Å²) in [5, 5.41) is 15.9. The molecule has 3 aliphatic heterocycles. The molecule has 1 saturated heterocycles. The maximum Gasteiger partial charge on any atom is 0.255 e. The van der Waals surface area contributed by atoms with E-state index in [0.29, 0.717) is 66.0 Å². The van der Waals surface area contributed by atoms with Gasteiger partial charge in [0.05, 0.1) is 59.2 Å². The molecule has 57 heavy (non-hydrogen) atoms. The number of nitrogens with one attached hydrogen (secondary N) is 2. The van der Waals surface area contributed by atoms with Crippen LogP contribution in [0.1, 0.15) is 69.7 Å². The molecule has 2 fully saturated rings. The monoisotopic (exact) mass is 762 g/mol. The van der Waals surface area contributed by atoms with Gasteiger partial charge in [0.15, 0.2) is 0 Å². The van der Waals surface area contributed by atoms with Crippen LogP contribution in [0, 0.1) is 24.1 Å². The minimum absolute atomic E-state index is 0.114. The number of benzene rings is 4. The van der Waals surface area contributed by atoms with Crippen molar-refractivity contribution in [3.8, 4) is 11.8 Å². The number of imidazole rings is 1. The molecule has 10 rings (SSSR count). The highest BCUT2D eigenvalue weighted by Crippen LogP contribution is 2.56.